The number of rotatable bonds is 3. The second kappa shape index (κ2) is 4.41. The molecule has 1 heterocycles. The molecule has 0 aromatic carbocycles. The van der Waals surface area contributed by atoms with Gasteiger partial charge in [-0.2, -0.15) is 4.98 Å². The Kier molecular flexibility index (Phi) is 2.90. The molecule has 1 aromatic rings. The van der Waals surface area contributed by atoms with Crippen LogP contribution >= 0.6 is 0 Å². The first-order chi connectivity index (χ1) is 8.26. The molecular weight excluding hydrogens is 214 g/mol. The maximum absolute atomic E-state index is 6.32. The van der Waals surface area contributed by atoms with Crippen molar-refractivity contribution in [3.05, 3.63) is 11.7 Å². The van der Waals surface area contributed by atoms with Crippen molar-refractivity contribution in [2.24, 2.45) is 11.7 Å². The van der Waals surface area contributed by atoms with Crippen molar-refractivity contribution in [2.45, 2.75) is 63.3 Å². The molecule has 4 heteroatoms. The highest BCUT2D eigenvalue weighted by Crippen LogP contribution is 2.35. The molecule has 0 bridgehead atoms. The summed E-state index contributed by atoms with van der Waals surface area (Å²) in [4.78, 5) is 4.52. The summed E-state index contributed by atoms with van der Waals surface area (Å²) >= 11 is 0. The largest absolute Gasteiger partial charge is 0.339 e. The topological polar surface area (TPSA) is 64.9 Å². The molecule has 2 N–H and O–H groups in total. The maximum Gasteiger partial charge on any atom is 0.226 e. The predicted octanol–water partition coefficient (Wildman–Crippen LogP) is 2.53. The van der Waals surface area contributed by atoms with E-state index in [1.807, 2.05) is 0 Å². The van der Waals surface area contributed by atoms with Gasteiger partial charge in [0.15, 0.2) is 5.82 Å². The number of hydrogen-bond acceptors (Lipinski definition) is 4. The quantitative estimate of drug-likeness (QED) is 0.874. The summed E-state index contributed by atoms with van der Waals surface area (Å²) in [6, 6.07) is 0. The van der Waals surface area contributed by atoms with Gasteiger partial charge in [-0.3, -0.25) is 0 Å². The first kappa shape index (κ1) is 11.2. The molecule has 0 unspecified atom stereocenters. The van der Waals surface area contributed by atoms with E-state index < -0.39 is 0 Å². The molecule has 94 valence electrons. The molecule has 2 fully saturated rings. The SMILES string of the molecule is NC1(c2noc(CC3CCCC3)n2)CCCC1. The minimum atomic E-state index is -0.308. The zero-order chi connectivity index (χ0) is 11.7. The number of hydrogen-bond donors (Lipinski definition) is 1. The van der Waals surface area contributed by atoms with Crippen LogP contribution < -0.4 is 5.73 Å². The highest BCUT2D eigenvalue weighted by molar-refractivity contribution is 5.06. The van der Waals surface area contributed by atoms with E-state index in [1.165, 1.54) is 38.5 Å². The molecule has 2 aliphatic carbocycles. The van der Waals surface area contributed by atoms with E-state index in [4.69, 9.17) is 10.3 Å². The van der Waals surface area contributed by atoms with E-state index in [9.17, 15) is 0 Å². The van der Waals surface area contributed by atoms with Crippen LogP contribution in [0.15, 0.2) is 4.52 Å². The number of nitrogens with two attached hydrogens (primary N) is 1. The lowest BCUT2D eigenvalue weighted by atomic mass is 9.98. The van der Waals surface area contributed by atoms with Gasteiger partial charge in [0, 0.05) is 6.42 Å². The van der Waals surface area contributed by atoms with Crippen LogP contribution in [0.4, 0.5) is 0 Å². The summed E-state index contributed by atoms with van der Waals surface area (Å²) in [5, 5.41) is 4.10. The van der Waals surface area contributed by atoms with Crippen LogP contribution in [0.1, 0.15) is 63.1 Å². The molecule has 2 saturated carbocycles. The maximum atomic E-state index is 6.32. The molecule has 3 rings (SSSR count). The van der Waals surface area contributed by atoms with Crippen molar-refractivity contribution in [1.82, 2.24) is 10.1 Å². The average Bonchev–Trinajstić information content (AvgIpc) is 3.00. The van der Waals surface area contributed by atoms with Crippen LogP contribution in [0.2, 0.25) is 0 Å². The normalized spacial score (nSPS) is 24.5. The van der Waals surface area contributed by atoms with E-state index >= 15 is 0 Å². The lowest BCUT2D eigenvalue weighted by Gasteiger charge is -2.17. The van der Waals surface area contributed by atoms with E-state index in [2.05, 4.69) is 10.1 Å². The minimum Gasteiger partial charge on any atom is -0.339 e. The molecule has 0 amide bonds. The summed E-state index contributed by atoms with van der Waals surface area (Å²) in [7, 11) is 0. The van der Waals surface area contributed by atoms with E-state index in [0.29, 0.717) is 0 Å². The molecule has 0 radical (unpaired) electrons. The Morgan fingerprint density at radius 1 is 1.18 bits per heavy atom. The first-order valence-corrected chi connectivity index (χ1v) is 6.88. The second-order valence-corrected chi connectivity index (χ2v) is 5.73. The molecule has 17 heavy (non-hydrogen) atoms. The summed E-state index contributed by atoms with van der Waals surface area (Å²) < 4.78 is 5.36. The third kappa shape index (κ3) is 2.23. The third-order valence-electron chi connectivity index (χ3n) is 4.35. The average molecular weight is 235 g/mol. The lowest BCUT2D eigenvalue weighted by molar-refractivity contribution is 0.334. The predicted molar refractivity (Wildman–Crippen MR) is 64.3 cm³/mol. The van der Waals surface area contributed by atoms with Crippen molar-refractivity contribution >= 4 is 0 Å². The van der Waals surface area contributed by atoms with Crippen molar-refractivity contribution in [1.29, 1.82) is 0 Å². The Labute approximate surface area is 102 Å². The Morgan fingerprint density at radius 3 is 2.59 bits per heavy atom. The van der Waals surface area contributed by atoms with Gasteiger partial charge in [0.25, 0.3) is 0 Å². The Balaban J connectivity index is 1.69. The van der Waals surface area contributed by atoms with E-state index in [0.717, 1.165) is 36.9 Å². The van der Waals surface area contributed by atoms with E-state index in [1.54, 1.807) is 0 Å². The Bertz CT molecular complexity index is 376. The van der Waals surface area contributed by atoms with Gasteiger partial charge in [0.05, 0.1) is 5.54 Å². The van der Waals surface area contributed by atoms with Crippen molar-refractivity contribution in [3.8, 4) is 0 Å². The van der Waals surface area contributed by atoms with Crippen LogP contribution in [0.25, 0.3) is 0 Å². The fourth-order valence-electron chi connectivity index (χ4n) is 3.23. The summed E-state index contributed by atoms with van der Waals surface area (Å²) in [6.07, 6.45) is 10.6. The molecule has 0 aliphatic heterocycles. The molecule has 0 atom stereocenters. The smallest absolute Gasteiger partial charge is 0.226 e. The highest BCUT2D eigenvalue weighted by Gasteiger charge is 2.36. The zero-order valence-electron chi connectivity index (χ0n) is 10.3. The molecule has 0 spiro atoms. The zero-order valence-corrected chi connectivity index (χ0v) is 10.3. The molecule has 1 aromatic heterocycles. The Hall–Kier alpha value is -0.900. The van der Waals surface area contributed by atoms with Crippen molar-refractivity contribution in [3.63, 3.8) is 0 Å². The van der Waals surface area contributed by atoms with Gasteiger partial charge >= 0.3 is 0 Å². The Morgan fingerprint density at radius 2 is 1.88 bits per heavy atom. The van der Waals surface area contributed by atoms with Crippen molar-refractivity contribution < 1.29 is 4.52 Å². The molecular formula is C13H21N3O. The number of aromatic nitrogens is 2. The van der Waals surface area contributed by atoms with Gasteiger partial charge in [0.2, 0.25) is 5.89 Å². The van der Waals surface area contributed by atoms with Crippen molar-refractivity contribution in [2.75, 3.05) is 0 Å². The van der Waals surface area contributed by atoms with Gasteiger partial charge in [-0.15, -0.1) is 0 Å². The van der Waals surface area contributed by atoms with Gasteiger partial charge in [0.1, 0.15) is 0 Å². The summed E-state index contributed by atoms with van der Waals surface area (Å²) in [6.45, 7) is 0. The number of nitrogens with zero attached hydrogens (tertiary/aromatic N) is 2. The van der Waals surface area contributed by atoms with Gasteiger partial charge in [-0.1, -0.05) is 30.8 Å². The summed E-state index contributed by atoms with van der Waals surface area (Å²) in [5.41, 5.74) is 6.01. The lowest BCUT2D eigenvalue weighted by Crippen LogP contribution is -2.34. The van der Waals surface area contributed by atoms with Crippen LogP contribution in [-0.2, 0) is 12.0 Å². The molecule has 4 nitrogen and oxygen atoms in total. The molecule has 0 saturated heterocycles. The minimum absolute atomic E-state index is 0.308. The van der Waals surface area contributed by atoms with Crippen LogP contribution in [0.3, 0.4) is 0 Å². The van der Waals surface area contributed by atoms with Crippen LogP contribution in [0.5, 0.6) is 0 Å². The third-order valence-corrected chi connectivity index (χ3v) is 4.35. The van der Waals surface area contributed by atoms with Crippen LogP contribution in [-0.4, -0.2) is 10.1 Å². The summed E-state index contributed by atoms with van der Waals surface area (Å²) in [5.74, 6) is 2.28. The fourth-order valence-corrected chi connectivity index (χ4v) is 3.23. The highest BCUT2D eigenvalue weighted by atomic mass is 16.5. The van der Waals surface area contributed by atoms with Gasteiger partial charge in [-0.05, 0) is 31.6 Å². The van der Waals surface area contributed by atoms with Gasteiger partial charge in [-0.25, -0.2) is 0 Å². The monoisotopic (exact) mass is 235 g/mol. The first-order valence-electron chi connectivity index (χ1n) is 6.88. The second-order valence-electron chi connectivity index (χ2n) is 5.73. The fraction of sp³-hybridized carbons (Fsp3) is 0.846. The molecule has 2 aliphatic rings. The van der Waals surface area contributed by atoms with Gasteiger partial charge < -0.3 is 10.3 Å². The van der Waals surface area contributed by atoms with E-state index in [-0.39, 0.29) is 5.54 Å². The standard InChI is InChI=1S/C13H21N3O/c14-13(7-3-4-8-13)12-15-11(17-16-12)9-10-5-1-2-6-10/h10H,1-9,14H2. The van der Waals surface area contributed by atoms with Crippen LogP contribution in [0, 0.1) is 5.92 Å².